The van der Waals surface area contributed by atoms with Crippen molar-refractivity contribution in [3.8, 4) is 5.88 Å². The van der Waals surface area contributed by atoms with E-state index >= 15 is 0 Å². The second kappa shape index (κ2) is 3.67. The fourth-order valence-electron chi connectivity index (χ4n) is 1.56. The number of nitrogens with zero attached hydrogens (tertiary/aromatic N) is 2. The molecule has 0 spiro atoms. The van der Waals surface area contributed by atoms with E-state index in [1.165, 1.54) is 6.33 Å². The van der Waals surface area contributed by atoms with E-state index in [0.29, 0.717) is 13.1 Å². The maximum absolute atomic E-state index is 11.4. The molecule has 14 heavy (non-hydrogen) atoms. The molecule has 0 unspecified atom stereocenters. The molecule has 1 aliphatic rings. The Morgan fingerprint density at radius 2 is 2.14 bits per heavy atom. The van der Waals surface area contributed by atoms with Crippen molar-refractivity contribution in [2.45, 2.75) is 0 Å². The smallest absolute Gasteiger partial charge is 0.278 e. The summed E-state index contributed by atoms with van der Waals surface area (Å²) in [5.41, 5.74) is -0.0200. The van der Waals surface area contributed by atoms with E-state index in [9.17, 15) is 9.90 Å². The molecular weight excluding hydrogens is 184 g/mol. The van der Waals surface area contributed by atoms with Crippen LogP contribution in [-0.2, 0) is 0 Å². The Balaban J connectivity index is 2.34. The lowest BCUT2D eigenvalue weighted by Gasteiger charge is -2.28. The van der Waals surface area contributed by atoms with Crippen molar-refractivity contribution in [1.29, 1.82) is 0 Å². The number of anilines is 1. The van der Waals surface area contributed by atoms with Gasteiger partial charge in [0.1, 0.15) is 0 Å². The third kappa shape index (κ3) is 1.56. The lowest BCUT2D eigenvalue weighted by atomic mass is 10.3. The van der Waals surface area contributed by atoms with E-state index in [0.717, 1.165) is 13.1 Å². The number of H-pyrrole nitrogens is 1. The van der Waals surface area contributed by atoms with Crippen molar-refractivity contribution < 1.29 is 5.11 Å². The SMILES string of the molecule is O=c1[nH]cnc(O)c1N1CCNCC1. The summed E-state index contributed by atoms with van der Waals surface area (Å²) < 4.78 is 0. The van der Waals surface area contributed by atoms with E-state index in [2.05, 4.69) is 15.3 Å². The summed E-state index contributed by atoms with van der Waals surface area (Å²) >= 11 is 0. The molecule has 6 nitrogen and oxygen atoms in total. The minimum absolute atomic E-state index is 0.198. The summed E-state index contributed by atoms with van der Waals surface area (Å²) in [5, 5.41) is 12.6. The lowest BCUT2D eigenvalue weighted by Crippen LogP contribution is -2.45. The van der Waals surface area contributed by atoms with Crippen LogP contribution in [0.25, 0.3) is 0 Å². The highest BCUT2D eigenvalue weighted by Gasteiger charge is 2.17. The Morgan fingerprint density at radius 1 is 1.43 bits per heavy atom. The van der Waals surface area contributed by atoms with Gasteiger partial charge in [-0.15, -0.1) is 0 Å². The molecule has 0 bridgehead atoms. The summed E-state index contributed by atoms with van der Waals surface area (Å²) in [6.07, 6.45) is 1.20. The highest BCUT2D eigenvalue weighted by molar-refractivity contribution is 5.52. The predicted octanol–water partition coefficient (Wildman–Crippen LogP) is -1.11. The molecule has 2 rings (SSSR count). The van der Waals surface area contributed by atoms with Gasteiger partial charge in [-0.05, 0) is 0 Å². The average Bonchev–Trinajstić information content (AvgIpc) is 2.19. The second-order valence-electron chi connectivity index (χ2n) is 3.14. The zero-order chi connectivity index (χ0) is 9.97. The van der Waals surface area contributed by atoms with E-state index in [1.54, 1.807) is 0 Å². The molecule has 0 aliphatic carbocycles. The van der Waals surface area contributed by atoms with Crippen LogP contribution in [0.2, 0.25) is 0 Å². The van der Waals surface area contributed by atoms with Gasteiger partial charge in [0.15, 0.2) is 5.69 Å². The average molecular weight is 196 g/mol. The van der Waals surface area contributed by atoms with E-state index in [1.807, 2.05) is 4.90 Å². The predicted molar refractivity (Wildman–Crippen MR) is 51.6 cm³/mol. The molecule has 1 aromatic rings. The van der Waals surface area contributed by atoms with Gasteiger partial charge >= 0.3 is 0 Å². The van der Waals surface area contributed by atoms with Gasteiger partial charge in [0.05, 0.1) is 6.33 Å². The third-order valence-corrected chi connectivity index (χ3v) is 2.24. The number of nitrogens with one attached hydrogen (secondary N) is 2. The van der Waals surface area contributed by atoms with Crippen LogP contribution in [0.3, 0.4) is 0 Å². The fourth-order valence-corrected chi connectivity index (χ4v) is 1.56. The standard InChI is InChI=1S/C8H12N4O2/c13-7-6(8(14)11-5-10-7)12-3-1-9-2-4-12/h5,9H,1-4H2,(H2,10,11,13,14). The van der Waals surface area contributed by atoms with Crippen molar-refractivity contribution >= 4 is 5.69 Å². The van der Waals surface area contributed by atoms with Gasteiger partial charge in [0.2, 0.25) is 5.88 Å². The maximum Gasteiger partial charge on any atom is 0.278 e. The minimum Gasteiger partial charge on any atom is -0.492 e. The lowest BCUT2D eigenvalue weighted by molar-refractivity contribution is 0.446. The first-order chi connectivity index (χ1) is 6.79. The molecule has 0 radical (unpaired) electrons. The highest BCUT2D eigenvalue weighted by Crippen LogP contribution is 2.18. The quantitative estimate of drug-likeness (QED) is 0.530. The summed E-state index contributed by atoms with van der Waals surface area (Å²) in [5.74, 6) is -0.198. The summed E-state index contributed by atoms with van der Waals surface area (Å²) in [4.78, 5) is 19.4. The first kappa shape index (κ1) is 9.01. The van der Waals surface area contributed by atoms with Gasteiger partial charge in [-0.3, -0.25) is 4.79 Å². The number of hydrogen-bond donors (Lipinski definition) is 3. The molecule has 0 aromatic carbocycles. The van der Waals surface area contributed by atoms with Gasteiger partial charge in [-0.1, -0.05) is 0 Å². The molecule has 2 heterocycles. The van der Waals surface area contributed by atoms with Crippen LogP contribution in [0.5, 0.6) is 5.88 Å². The number of aromatic nitrogens is 2. The monoisotopic (exact) mass is 196 g/mol. The third-order valence-electron chi connectivity index (χ3n) is 2.24. The van der Waals surface area contributed by atoms with Gasteiger partial charge < -0.3 is 20.3 Å². The van der Waals surface area contributed by atoms with Gasteiger partial charge in [-0.2, -0.15) is 0 Å². The molecule has 1 aliphatic heterocycles. The van der Waals surface area contributed by atoms with Gasteiger partial charge in [0, 0.05) is 26.2 Å². The maximum atomic E-state index is 11.4. The Kier molecular flexibility index (Phi) is 2.36. The topological polar surface area (TPSA) is 81.2 Å². The Hall–Kier alpha value is -1.56. The summed E-state index contributed by atoms with van der Waals surface area (Å²) in [6.45, 7) is 3.05. The molecule has 1 aromatic heterocycles. The molecule has 76 valence electrons. The minimum atomic E-state index is -0.292. The zero-order valence-corrected chi connectivity index (χ0v) is 7.66. The van der Waals surface area contributed by atoms with Crippen LogP contribution < -0.4 is 15.8 Å². The molecule has 6 heteroatoms. The molecular formula is C8H12N4O2. The van der Waals surface area contributed by atoms with E-state index < -0.39 is 0 Å². The van der Waals surface area contributed by atoms with Crippen molar-refractivity contribution in [3.05, 3.63) is 16.7 Å². The first-order valence-electron chi connectivity index (χ1n) is 4.51. The Labute approximate surface area is 80.6 Å². The molecule has 0 atom stereocenters. The van der Waals surface area contributed by atoms with Crippen molar-refractivity contribution in [2.75, 3.05) is 31.1 Å². The number of rotatable bonds is 1. The van der Waals surface area contributed by atoms with E-state index in [-0.39, 0.29) is 17.1 Å². The number of hydrogen-bond acceptors (Lipinski definition) is 5. The van der Waals surface area contributed by atoms with Crippen LogP contribution >= 0.6 is 0 Å². The number of aromatic amines is 1. The highest BCUT2D eigenvalue weighted by atomic mass is 16.3. The number of piperazine rings is 1. The Morgan fingerprint density at radius 3 is 2.79 bits per heavy atom. The first-order valence-corrected chi connectivity index (χ1v) is 4.51. The fraction of sp³-hybridized carbons (Fsp3) is 0.500. The van der Waals surface area contributed by atoms with Crippen LogP contribution in [0.4, 0.5) is 5.69 Å². The van der Waals surface area contributed by atoms with Crippen LogP contribution in [0.1, 0.15) is 0 Å². The zero-order valence-electron chi connectivity index (χ0n) is 7.66. The van der Waals surface area contributed by atoms with Gasteiger partial charge in [0.25, 0.3) is 5.56 Å². The van der Waals surface area contributed by atoms with E-state index in [4.69, 9.17) is 0 Å². The molecule has 1 fully saturated rings. The van der Waals surface area contributed by atoms with Gasteiger partial charge in [-0.25, -0.2) is 4.98 Å². The van der Waals surface area contributed by atoms with Crippen LogP contribution in [0, 0.1) is 0 Å². The molecule has 3 N–H and O–H groups in total. The van der Waals surface area contributed by atoms with Crippen LogP contribution in [-0.4, -0.2) is 41.3 Å². The van der Waals surface area contributed by atoms with Crippen molar-refractivity contribution in [3.63, 3.8) is 0 Å². The van der Waals surface area contributed by atoms with Crippen molar-refractivity contribution in [1.82, 2.24) is 15.3 Å². The normalized spacial score (nSPS) is 17.0. The van der Waals surface area contributed by atoms with Crippen molar-refractivity contribution in [2.24, 2.45) is 0 Å². The molecule has 0 amide bonds. The largest absolute Gasteiger partial charge is 0.492 e. The second-order valence-corrected chi connectivity index (χ2v) is 3.14. The molecule has 1 saturated heterocycles. The summed E-state index contributed by atoms with van der Waals surface area (Å²) in [7, 11) is 0. The van der Waals surface area contributed by atoms with Crippen LogP contribution in [0.15, 0.2) is 11.1 Å². The Bertz CT molecular complexity index is 370. The molecule has 0 saturated carbocycles. The summed E-state index contributed by atoms with van der Waals surface area (Å²) in [6, 6.07) is 0. The number of aromatic hydroxyl groups is 1.